The predicted octanol–water partition coefficient (Wildman–Crippen LogP) is 3.59. The van der Waals surface area contributed by atoms with Gasteiger partial charge in [-0.25, -0.2) is 0 Å². The molecule has 0 aliphatic rings. The highest BCUT2D eigenvalue weighted by Gasteiger charge is 2.18. The van der Waals surface area contributed by atoms with Crippen LogP contribution in [-0.2, 0) is 13.0 Å². The molecule has 2 rings (SSSR count). The lowest BCUT2D eigenvalue weighted by molar-refractivity contribution is 0.0950. The zero-order valence-electron chi connectivity index (χ0n) is 16.0. The fraction of sp³-hybridized carbons (Fsp3) is 0.400. The Morgan fingerprint density at radius 1 is 1.19 bits per heavy atom. The summed E-state index contributed by atoms with van der Waals surface area (Å²) in [5, 5.41) is 3.39. The second kappa shape index (κ2) is 8.41. The standard InChI is InChI=1S/C20H26ClN3O2/c1-6-15-16(9-14(21)10-18(15)24(5)7-2)19(25)22-11-17-12(3)8-13(4)23-20(17)26/h8-10H,6-7,11H2,1-5H3,(H,22,25)(H,23,26). The number of carbonyl (C=O) groups excluding carboxylic acids is 1. The zero-order valence-corrected chi connectivity index (χ0v) is 16.8. The molecule has 0 saturated heterocycles. The molecule has 2 N–H and O–H groups in total. The number of pyridine rings is 1. The lowest BCUT2D eigenvalue weighted by Crippen LogP contribution is -2.29. The lowest BCUT2D eigenvalue weighted by Gasteiger charge is -2.23. The molecule has 1 aromatic carbocycles. The number of hydrogen-bond acceptors (Lipinski definition) is 3. The summed E-state index contributed by atoms with van der Waals surface area (Å²) in [6.07, 6.45) is 0.712. The molecule has 0 spiro atoms. The van der Waals surface area contributed by atoms with Crippen molar-refractivity contribution in [3.63, 3.8) is 0 Å². The van der Waals surface area contributed by atoms with Crippen LogP contribution in [0.2, 0.25) is 5.02 Å². The highest BCUT2D eigenvalue weighted by molar-refractivity contribution is 6.31. The summed E-state index contributed by atoms with van der Waals surface area (Å²) in [6.45, 7) is 8.76. The topological polar surface area (TPSA) is 65.2 Å². The minimum Gasteiger partial charge on any atom is -0.375 e. The third-order valence-electron chi connectivity index (χ3n) is 4.59. The van der Waals surface area contributed by atoms with E-state index in [-0.39, 0.29) is 18.0 Å². The minimum atomic E-state index is -0.227. The first-order valence-electron chi connectivity index (χ1n) is 8.79. The van der Waals surface area contributed by atoms with E-state index in [4.69, 9.17) is 11.6 Å². The van der Waals surface area contributed by atoms with Crippen molar-refractivity contribution in [3.8, 4) is 0 Å². The van der Waals surface area contributed by atoms with E-state index >= 15 is 0 Å². The third kappa shape index (κ3) is 4.28. The van der Waals surface area contributed by atoms with Crippen molar-refractivity contribution < 1.29 is 4.79 Å². The molecule has 0 unspecified atom stereocenters. The summed E-state index contributed by atoms with van der Waals surface area (Å²) in [5.41, 5.74) is 4.52. The minimum absolute atomic E-state index is 0.170. The first kappa shape index (κ1) is 20.0. The van der Waals surface area contributed by atoms with Crippen molar-refractivity contribution in [3.05, 3.63) is 61.5 Å². The highest BCUT2D eigenvalue weighted by Crippen LogP contribution is 2.28. The zero-order chi connectivity index (χ0) is 19.4. The summed E-state index contributed by atoms with van der Waals surface area (Å²) in [4.78, 5) is 29.8. The average molecular weight is 376 g/mol. The van der Waals surface area contributed by atoms with E-state index in [0.717, 1.165) is 29.1 Å². The van der Waals surface area contributed by atoms with Crippen LogP contribution in [0.3, 0.4) is 0 Å². The van der Waals surface area contributed by atoms with Crippen LogP contribution in [0.15, 0.2) is 23.0 Å². The van der Waals surface area contributed by atoms with Crippen molar-refractivity contribution in [2.75, 3.05) is 18.5 Å². The molecule has 6 heteroatoms. The summed E-state index contributed by atoms with van der Waals surface area (Å²) in [7, 11) is 1.97. The molecule has 1 amide bonds. The Morgan fingerprint density at radius 3 is 2.46 bits per heavy atom. The normalized spacial score (nSPS) is 10.7. The Kier molecular flexibility index (Phi) is 6.48. The highest BCUT2D eigenvalue weighted by atomic mass is 35.5. The fourth-order valence-electron chi connectivity index (χ4n) is 3.07. The van der Waals surface area contributed by atoms with Gasteiger partial charge in [0.25, 0.3) is 11.5 Å². The van der Waals surface area contributed by atoms with Gasteiger partial charge >= 0.3 is 0 Å². The number of rotatable bonds is 6. The number of nitrogens with one attached hydrogen (secondary N) is 2. The first-order chi connectivity index (χ1) is 12.3. The summed E-state index contributed by atoms with van der Waals surface area (Å²) >= 11 is 6.25. The van der Waals surface area contributed by atoms with Gasteiger partial charge in [-0.15, -0.1) is 0 Å². The number of aromatic nitrogens is 1. The maximum absolute atomic E-state index is 12.8. The lowest BCUT2D eigenvalue weighted by atomic mass is 10.0. The van der Waals surface area contributed by atoms with Crippen LogP contribution in [-0.4, -0.2) is 24.5 Å². The van der Waals surface area contributed by atoms with Gasteiger partial charge in [0.1, 0.15) is 0 Å². The number of nitrogens with zero attached hydrogens (tertiary/aromatic N) is 1. The van der Waals surface area contributed by atoms with Gasteiger partial charge in [-0.05, 0) is 56.5 Å². The molecule has 5 nitrogen and oxygen atoms in total. The number of aryl methyl sites for hydroxylation is 2. The number of H-pyrrole nitrogens is 1. The average Bonchev–Trinajstić information content (AvgIpc) is 2.59. The van der Waals surface area contributed by atoms with Crippen molar-refractivity contribution in [1.29, 1.82) is 0 Å². The number of carbonyl (C=O) groups is 1. The van der Waals surface area contributed by atoms with E-state index < -0.39 is 0 Å². The van der Waals surface area contributed by atoms with Crippen LogP contribution in [0.4, 0.5) is 5.69 Å². The van der Waals surface area contributed by atoms with E-state index in [2.05, 4.69) is 15.2 Å². The molecule has 0 aliphatic carbocycles. The molecular weight excluding hydrogens is 350 g/mol. The van der Waals surface area contributed by atoms with Gasteiger partial charge in [0.05, 0.1) is 0 Å². The van der Waals surface area contributed by atoms with Gasteiger partial charge in [0.2, 0.25) is 0 Å². The molecule has 1 heterocycles. The van der Waals surface area contributed by atoms with E-state index in [0.29, 0.717) is 22.6 Å². The Labute approximate surface area is 159 Å². The molecule has 0 aliphatic heterocycles. The van der Waals surface area contributed by atoms with E-state index in [1.807, 2.05) is 46.9 Å². The number of hydrogen-bond donors (Lipinski definition) is 2. The summed E-state index contributed by atoms with van der Waals surface area (Å²) < 4.78 is 0. The Balaban J connectivity index is 2.33. The molecule has 0 fully saturated rings. The number of anilines is 1. The smallest absolute Gasteiger partial charge is 0.253 e. The van der Waals surface area contributed by atoms with Gasteiger partial charge in [-0.3, -0.25) is 9.59 Å². The molecule has 140 valence electrons. The molecule has 0 radical (unpaired) electrons. The number of halogens is 1. The molecule has 1 aromatic heterocycles. The quantitative estimate of drug-likeness (QED) is 0.810. The van der Waals surface area contributed by atoms with E-state index in [1.54, 1.807) is 6.07 Å². The molecule has 26 heavy (non-hydrogen) atoms. The predicted molar refractivity (Wildman–Crippen MR) is 107 cm³/mol. The Morgan fingerprint density at radius 2 is 1.88 bits per heavy atom. The largest absolute Gasteiger partial charge is 0.375 e. The van der Waals surface area contributed by atoms with Crippen LogP contribution < -0.4 is 15.8 Å². The molecular formula is C20H26ClN3O2. The fourth-order valence-corrected chi connectivity index (χ4v) is 3.29. The van der Waals surface area contributed by atoms with Crippen molar-refractivity contribution in [1.82, 2.24) is 10.3 Å². The third-order valence-corrected chi connectivity index (χ3v) is 4.81. The second-order valence-electron chi connectivity index (χ2n) is 6.44. The second-order valence-corrected chi connectivity index (χ2v) is 6.88. The summed E-state index contributed by atoms with van der Waals surface area (Å²) in [6, 6.07) is 5.47. The first-order valence-corrected chi connectivity index (χ1v) is 9.17. The van der Waals surface area contributed by atoms with Gasteiger partial charge in [0, 0.05) is 47.7 Å². The maximum Gasteiger partial charge on any atom is 0.253 e. The van der Waals surface area contributed by atoms with Crippen molar-refractivity contribution in [2.45, 2.75) is 40.7 Å². The van der Waals surface area contributed by atoms with Crippen LogP contribution in [0.5, 0.6) is 0 Å². The number of aromatic amines is 1. The van der Waals surface area contributed by atoms with Crippen LogP contribution >= 0.6 is 11.6 Å². The molecule has 0 atom stereocenters. The van der Waals surface area contributed by atoms with Gasteiger partial charge < -0.3 is 15.2 Å². The van der Waals surface area contributed by atoms with E-state index in [9.17, 15) is 9.59 Å². The monoisotopic (exact) mass is 375 g/mol. The van der Waals surface area contributed by atoms with Crippen LogP contribution in [0, 0.1) is 13.8 Å². The van der Waals surface area contributed by atoms with Gasteiger partial charge in [0.15, 0.2) is 0 Å². The van der Waals surface area contributed by atoms with E-state index in [1.165, 1.54) is 0 Å². The number of amides is 1. The maximum atomic E-state index is 12.8. The Hall–Kier alpha value is -2.27. The molecule has 0 bridgehead atoms. The SMILES string of the molecule is CCc1c(C(=O)NCc2c(C)cc(C)[nH]c2=O)cc(Cl)cc1N(C)CC. The van der Waals surface area contributed by atoms with Crippen LogP contribution in [0.1, 0.15) is 46.6 Å². The number of benzene rings is 1. The molecule has 0 saturated carbocycles. The molecule has 2 aromatic rings. The Bertz CT molecular complexity index is 874. The summed E-state index contributed by atoms with van der Waals surface area (Å²) in [5.74, 6) is -0.227. The van der Waals surface area contributed by atoms with Crippen molar-refractivity contribution in [2.24, 2.45) is 0 Å². The van der Waals surface area contributed by atoms with Crippen molar-refractivity contribution >= 4 is 23.2 Å². The van der Waals surface area contributed by atoms with Gasteiger partial charge in [-0.1, -0.05) is 18.5 Å². The van der Waals surface area contributed by atoms with Crippen LogP contribution in [0.25, 0.3) is 0 Å². The van der Waals surface area contributed by atoms with Gasteiger partial charge in [-0.2, -0.15) is 0 Å².